The molecule has 1 aliphatic rings. The molecule has 9 heteroatoms. The van der Waals surface area contributed by atoms with Crippen molar-refractivity contribution in [1.82, 2.24) is 24.6 Å². The minimum atomic E-state index is -0.613. The van der Waals surface area contributed by atoms with Gasteiger partial charge in [0.05, 0.1) is 0 Å². The number of aromatic nitrogens is 4. The van der Waals surface area contributed by atoms with Crippen LogP contribution in [0.5, 0.6) is 0 Å². The SMILES string of the molecule is Nc1ncnc2c1[nH]c(=O)n2OC(=O)N1CCCCC1. The number of fused-ring (bicyclic) bond motifs is 1. The van der Waals surface area contributed by atoms with Gasteiger partial charge >= 0.3 is 11.8 Å². The summed E-state index contributed by atoms with van der Waals surface area (Å²) in [6.07, 6.45) is 3.61. The topological polar surface area (TPSA) is 119 Å². The lowest BCUT2D eigenvalue weighted by Gasteiger charge is -2.25. The number of nitrogens with zero attached hydrogens (tertiary/aromatic N) is 4. The number of nitrogens with two attached hydrogens (primary N) is 1. The first-order valence-corrected chi connectivity index (χ1v) is 6.35. The number of nitrogen functional groups attached to an aromatic ring is 1. The summed E-state index contributed by atoms with van der Waals surface area (Å²) in [6.45, 7) is 1.26. The van der Waals surface area contributed by atoms with Crippen molar-refractivity contribution >= 4 is 23.1 Å². The number of anilines is 1. The van der Waals surface area contributed by atoms with Crippen LogP contribution >= 0.6 is 0 Å². The maximum Gasteiger partial charge on any atom is 0.434 e. The van der Waals surface area contributed by atoms with E-state index in [4.69, 9.17) is 10.6 Å². The van der Waals surface area contributed by atoms with E-state index in [2.05, 4.69) is 15.0 Å². The molecule has 3 rings (SSSR count). The molecule has 1 amide bonds. The minimum absolute atomic E-state index is 0.125. The largest absolute Gasteiger partial charge is 0.434 e. The van der Waals surface area contributed by atoms with E-state index in [1.54, 1.807) is 4.90 Å². The Hall–Kier alpha value is -2.58. The van der Waals surface area contributed by atoms with Gasteiger partial charge in [-0.25, -0.2) is 19.6 Å². The molecular weight excluding hydrogens is 264 g/mol. The molecule has 0 aliphatic carbocycles. The van der Waals surface area contributed by atoms with Gasteiger partial charge in [-0.2, -0.15) is 0 Å². The van der Waals surface area contributed by atoms with Crippen LogP contribution in [0.3, 0.4) is 0 Å². The summed E-state index contributed by atoms with van der Waals surface area (Å²) in [5, 5.41) is 0. The summed E-state index contributed by atoms with van der Waals surface area (Å²) in [6, 6.07) is 0. The van der Waals surface area contributed by atoms with Gasteiger partial charge < -0.3 is 15.5 Å². The maximum atomic E-state index is 12.0. The van der Waals surface area contributed by atoms with Crippen molar-refractivity contribution in [3.8, 4) is 0 Å². The maximum absolute atomic E-state index is 12.0. The Labute approximate surface area is 113 Å². The Morgan fingerprint density at radius 1 is 1.30 bits per heavy atom. The zero-order chi connectivity index (χ0) is 14.1. The molecule has 20 heavy (non-hydrogen) atoms. The number of rotatable bonds is 1. The van der Waals surface area contributed by atoms with E-state index in [0.717, 1.165) is 24.0 Å². The first-order valence-electron chi connectivity index (χ1n) is 6.35. The van der Waals surface area contributed by atoms with Crippen molar-refractivity contribution in [2.45, 2.75) is 19.3 Å². The van der Waals surface area contributed by atoms with Gasteiger partial charge in [-0.1, -0.05) is 4.73 Å². The Morgan fingerprint density at radius 2 is 2.05 bits per heavy atom. The number of hydrogen-bond acceptors (Lipinski definition) is 6. The van der Waals surface area contributed by atoms with E-state index in [0.29, 0.717) is 13.1 Å². The van der Waals surface area contributed by atoms with Crippen molar-refractivity contribution in [3.63, 3.8) is 0 Å². The van der Waals surface area contributed by atoms with E-state index in [-0.39, 0.29) is 17.0 Å². The lowest BCUT2D eigenvalue weighted by molar-refractivity contribution is 0.0860. The minimum Gasteiger partial charge on any atom is -0.382 e. The number of imidazole rings is 1. The van der Waals surface area contributed by atoms with Crippen molar-refractivity contribution in [2.75, 3.05) is 18.8 Å². The third kappa shape index (κ3) is 2.06. The molecule has 106 valence electrons. The van der Waals surface area contributed by atoms with Gasteiger partial charge in [0.15, 0.2) is 5.82 Å². The van der Waals surface area contributed by atoms with Crippen molar-refractivity contribution in [3.05, 3.63) is 16.8 Å². The average molecular weight is 278 g/mol. The van der Waals surface area contributed by atoms with Gasteiger partial charge in [0.1, 0.15) is 11.8 Å². The Morgan fingerprint density at radius 3 is 2.80 bits per heavy atom. The molecule has 9 nitrogen and oxygen atoms in total. The quantitative estimate of drug-likeness (QED) is 0.741. The summed E-state index contributed by atoms with van der Waals surface area (Å²) < 4.78 is 0.810. The number of hydrogen-bond donors (Lipinski definition) is 2. The smallest absolute Gasteiger partial charge is 0.382 e. The standard InChI is InChI=1S/C11H14N6O3/c12-8-7-9(14-6-13-8)17(10(18)15-7)20-11(19)16-4-2-1-3-5-16/h6H,1-5H2,(H,15,18)(H2,12,13,14). The molecular formula is C11H14N6O3. The normalized spacial score (nSPS) is 15.5. The highest BCUT2D eigenvalue weighted by Gasteiger charge is 2.21. The third-order valence-electron chi connectivity index (χ3n) is 3.25. The molecule has 0 unspecified atom stereocenters. The molecule has 3 N–H and O–H groups in total. The Bertz CT molecular complexity index is 700. The van der Waals surface area contributed by atoms with Gasteiger partial charge in [-0.3, -0.25) is 4.98 Å². The monoisotopic (exact) mass is 278 g/mol. The Kier molecular flexibility index (Phi) is 3.01. The van der Waals surface area contributed by atoms with Crippen molar-refractivity contribution < 1.29 is 9.63 Å². The molecule has 0 spiro atoms. The molecule has 3 heterocycles. The zero-order valence-corrected chi connectivity index (χ0v) is 10.7. The van der Waals surface area contributed by atoms with Crippen LogP contribution in [-0.4, -0.2) is 43.8 Å². The summed E-state index contributed by atoms with van der Waals surface area (Å²) in [5.41, 5.74) is 5.41. The summed E-state index contributed by atoms with van der Waals surface area (Å²) in [7, 11) is 0. The van der Waals surface area contributed by atoms with Crippen LogP contribution in [0, 0.1) is 0 Å². The molecule has 0 atom stereocenters. The molecule has 0 aromatic carbocycles. The number of amides is 1. The second-order valence-electron chi connectivity index (χ2n) is 4.59. The number of nitrogens with one attached hydrogen (secondary N) is 1. The predicted octanol–water partition coefficient (Wildman–Crippen LogP) is -0.264. The van der Waals surface area contributed by atoms with E-state index < -0.39 is 11.8 Å². The number of carbonyl (C=O) groups is 1. The van der Waals surface area contributed by atoms with Gasteiger partial charge in [0, 0.05) is 13.1 Å². The fraction of sp³-hybridized carbons (Fsp3) is 0.455. The van der Waals surface area contributed by atoms with E-state index in [9.17, 15) is 9.59 Å². The van der Waals surface area contributed by atoms with Crippen molar-refractivity contribution in [1.29, 1.82) is 0 Å². The predicted molar refractivity (Wildman–Crippen MR) is 70.0 cm³/mol. The highest BCUT2D eigenvalue weighted by Crippen LogP contribution is 2.12. The van der Waals surface area contributed by atoms with E-state index in [1.807, 2.05) is 0 Å². The van der Waals surface area contributed by atoms with Gasteiger partial charge in [-0.05, 0) is 19.3 Å². The molecule has 1 aliphatic heterocycles. The molecule has 1 saturated heterocycles. The van der Waals surface area contributed by atoms with E-state index >= 15 is 0 Å². The molecule has 1 fully saturated rings. The van der Waals surface area contributed by atoms with Crippen LogP contribution < -0.4 is 16.3 Å². The third-order valence-corrected chi connectivity index (χ3v) is 3.25. The second kappa shape index (κ2) is 4.83. The first kappa shape index (κ1) is 12.5. The highest BCUT2D eigenvalue weighted by molar-refractivity contribution is 5.81. The zero-order valence-electron chi connectivity index (χ0n) is 10.7. The number of H-pyrrole nitrogens is 1. The summed E-state index contributed by atoms with van der Waals surface area (Å²) in [4.78, 5) is 40.6. The van der Waals surface area contributed by atoms with Gasteiger partial charge in [0.25, 0.3) is 0 Å². The fourth-order valence-corrected chi connectivity index (χ4v) is 2.21. The second-order valence-corrected chi connectivity index (χ2v) is 4.59. The number of piperidine rings is 1. The van der Waals surface area contributed by atoms with Crippen LogP contribution in [-0.2, 0) is 0 Å². The molecule has 2 aromatic rings. The summed E-state index contributed by atoms with van der Waals surface area (Å²) in [5.74, 6) is 0.125. The van der Waals surface area contributed by atoms with Crippen LogP contribution in [0.1, 0.15) is 19.3 Å². The molecule has 2 aromatic heterocycles. The number of aromatic amines is 1. The number of likely N-dealkylation sites (tertiary alicyclic amines) is 1. The van der Waals surface area contributed by atoms with Gasteiger partial charge in [-0.15, -0.1) is 0 Å². The van der Waals surface area contributed by atoms with Crippen molar-refractivity contribution in [2.24, 2.45) is 0 Å². The molecule has 0 radical (unpaired) electrons. The molecule has 0 bridgehead atoms. The lowest BCUT2D eigenvalue weighted by atomic mass is 10.1. The Balaban J connectivity index is 1.90. The van der Waals surface area contributed by atoms with Crippen LogP contribution in [0.4, 0.5) is 10.6 Å². The van der Waals surface area contributed by atoms with Crippen LogP contribution in [0.2, 0.25) is 0 Å². The average Bonchev–Trinajstić information content (AvgIpc) is 2.78. The lowest BCUT2D eigenvalue weighted by Crippen LogP contribution is -2.42. The number of carbonyl (C=O) groups excluding carboxylic acids is 1. The van der Waals surface area contributed by atoms with Crippen LogP contribution in [0.15, 0.2) is 11.1 Å². The van der Waals surface area contributed by atoms with Gasteiger partial charge in [0.2, 0.25) is 5.65 Å². The fourth-order valence-electron chi connectivity index (χ4n) is 2.21. The first-order chi connectivity index (χ1) is 9.66. The van der Waals surface area contributed by atoms with Crippen LogP contribution in [0.25, 0.3) is 11.2 Å². The van der Waals surface area contributed by atoms with E-state index in [1.165, 1.54) is 6.33 Å². The molecule has 0 saturated carbocycles. The summed E-state index contributed by atoms with van der Waals surface area (Å²) >= 11 is 0. The highest BCUT2D eigenvalue weighted by atomic mass is 16.7.